The van der Waals surface area contributed by atoms with E-state index in [0.717, 1.165) is 22.4 Å². The third-order valence-corrected chi connectivity index (χ3v) is 3.68. The van der Waals surface area contributed by atoms with Crippen molar-refractivity contribution in [3.05, 3.63) is 58.7 Å². The second-order valence-electron chi connectivity index (χ2n) is 5.96. The van der Waals surface area contributed by atoms with Gasteiger partial charge < -0.3 is 15.2 Å². The smallest absolute Gasteiger partial charge is 0.275 e. The van der Waals surface area contributed by atoms with Gasteiger partial charge >= 0.3 is 0 Å². The Kier molecular flexibility index (Phi) is 4.47. The molecule has 0 radical (unpaired) electrons. The van der Waals surface area contributed by atoms with Crippen molar-refractivity contribution >= 4 is 23.2 Å². The first-order valence-electron chi connectivity index (χ1n) is 7.84. The van der Waals surface area contributed by atoms with Gasteiger partial charge in [-0.25, -0.2) is 9.97 Å². The number of amides is 1. The summed E-state index contributed by atoms with van der Waals surface area (Å²) >= 11 is 0. The number of nitrogens with zero attached hydrogens (tertiary/aromatic N) is 3. The molecule has 1 amide bonds. The molecule has 128 valence electrons. The van der Waals surface area contributed by atoms with Crippen LogP contribution in [0.2, 0.25) is 0 Å². The molecule has 3 aromatic rings. The van der Waals surface area contributed by atoms with Gasteiger partial charge in [0.25, 0.3) is 5.91 Å². The highest BCUT2D eigenvalue weighted by Crippen LogP contribution is 2.22. The fourth-order valence-corrected chi connectivity index (χ4v) is 2.62. The molecule has 0 aliphatic rings. The van der Waals surface area contributed by atoms with Gasteiger partial charge in [-0.05, 0) is 38.8 Å². The third kappa shape index (κ3) is 3.82. The molecule has 0 unspecified atom stereocenters. The molecule has 0 saturated heterocycles. The summed E-state index contributed by atoms with van der Waals surface area (Å²) in [6, 6.07) is 5.80. The number of anilines is 3. The van der Waals surface area contributed by atoms with Gasteiger partial charge in [0.2, 0.25) is 0 Å². The summed E-state index contributed by atoms with van der Waals surface area (Å²) in [4.78, 5) is 20.8. The quantitative estimate of drug-likeness (QED) is 0.754. The highest BCUT2D eigenvalue weighted by molar-refractivity contribution is 6.03. The Balaban J connectivity index is 1.73. The predicted molar refractivity (Wildman–Crippen MR) is 95.2 cm³/mol. The minimum atomic E-state index is -0.300. The number of hydrogen-bond donors (Lipinski definition) is 2. The van der Waals surface area contributed by atoms with E-state index in [0.29, 0.717) is 17.4 Å². The Bertz CT molecular complexity index is 892. The average Bonchev–Trinajstić information content (AvgIpc) is 2.96. The molecule has 7 nitrogen and oxygen atoms in total. The molecule has 0 spiro atoms. The second-order valence-corrected chi connectivity index (χ2v) is 5.96. The maximum Gasteiger partial charge on any atom is 0.275 e. The molecule has 2 N–H and O–H groups in total. The van der Waals surface area contributed by atoms with Gasteiger partial charge in [0.1, 0.15) is 17.3 Å². The summed E-state index contributed by atoms with van der Waals surface area (Å²) in [7, 11) is 0. The number of carbonyl (C=O) groups is 1. The molecular weight excluding hydrogens is 318 g/mol. The van der Waals surface area contributed by atoms with Gasteiger partial charge in [-0.2, -0.15) is 0 Å². The van der Waals surface area contributed by atoms with Crippen LogP contribution in [-0.2, 0) is 0 Å². The van der Waals surface area contributed by atoms with E-state index in [1.165, 1.54) is 12.4 Å². The van der Waals surface area contributed by atoms with Gasteiger partial charge in [0.05, 0.1) is 12.4 Å². The third-order valence-electron chi connectivity index (χ3n) is 3.68. The first-order chi connectivity index (χ1) is 11.9. The van der Waals surface area contributed by atoms with Crippen molar-refractivity contribution in [3.8, 4) is 0 Å². The number of aromatic nitrogens is 3. The fourth-order valence-electron chi connectivity index (χ4n) is 2.62. The highest BCUT2D eigenvalue weighted by atomic mass is 16.5. The Morgan fingerprint density at radius 2 is 1.68 bits per heavy atom. The molecule has 3 rings (SSSR count). The van der Waals surface area contributed by atoms with Crippen LogP contribution in [0.15, 0.2) is 35.1 Å². The van der Waals surface area contributed by atoms with Crippen LogP contribution < -0.4 is 10.6 Å². The van der Waals surface area contributed by atoms with Gasteiger partial charge in [-0.15, -0.1) is 0 Å². The Morgan fingerprint density at radius 3 is 2.24 bits per heavy atom. The molecule has 0 fully saturated rings. The Morgan fingerprint density at radius 1 is 0.960 bits per heavy atom. The topological polar surface area (TPSA) is 92.9 Å². The van der Waals surface area contributed by atoms with Gasteiger partial charge in [-0.1, -0.05) is 22.9 Å². The van der Waals surface area contributed by atoms with Crippen LogP contribution in [0, 0.1) is 27.7 Å². The van der Waals surface area contributed by atoms with Crippen LogP contribution in [0.25, 0.3) is 0 Å². The fraction of sp³-hybridized carbons (Fsp3) is 0.222. The van der Waals surface area contributed by atoms with Crippen molar-refractivity contribution in [2.24, 2.45) is 0 Å². The predicted octanol–water partition coefficient (Wildman–Crippen LogP) is 3.69. The van der Waals surface area contributed by atoms with Gasteiger partial charge in [-0.3, -0.25) is 4.79 Å². The minimum Gasteiger partial charge on any atom is -0.360 e. The normalized spacial score (nSPS) is 10.6. The van der Waals surface area contributed by atoms with E-state index in [9.17, 15) is 4.79 Å². The first kappa shape index (κ1) is 16.6. The Hall–Kier alpha value is -3.22. The summed E-state index contributed by atoms with van der Waals surface area (Å²) in [5, 5.41) is 9.68. The number of hydrogen-bond acceptors (Lipinski definition) is 6. The standard InChI is InChI=1S/C18H19N5O2/c1-10-5-11(2)17(12(3)6-10)22-18(24)14-8-20-16(9-19-14)21-15-7-13(4)25-23-15/h5-9H,1-4H3,(H,22,24)(H,20,21,23). The minimum absolute atomic E-state index is 0.237. The lowest BCUT2D eigenvalue weighted by Crippen LogP contribution is -2.16. The van der Waals surface area contributed by atoms with E-state index >= 15 is 0 Å². The summed E-state index contributed by atoms with van der Waals surface area (Å²) in [5.41, 5.74) is 4.22. The van der Waals surface area contributed by atoms with E-state index in [1.54, 1.807) is 13.0 Å². The molecule has 0 aliphatic carbocycles. The second kappa shape index (κ2) is 6.72. The highest BCUT2D eigenvalue weighted by Gasteiger charge is 2.12. The van der Waals surface area contributed by atoms with Crippen LogP contribution in [0.3, 0.4) is 0 Å². The van der Waals surface area contributed by atoms with Crippen molar-refractivity contribution < 1.29 is 9.32 Å². The molecule has 0 aliphatic heterocycles. The molecule has 1 aromatic carbocycles. The lowest BCUT2D eigenvalue weighted by molar-refractivity contribution is 0.102. The summed E-state index contributed by atoms with van der Waals surface area (Å²) < 4.78 is 4.97. The molecule has 0 atom stereocenters. The van der Waals surface area contributed by atoms with E-state index in [2.05, 4.69) is 25.8 Å². The van der Waals surface area contributed by atoms with Crippen molar-refractivity contribution in [3.63, 3.8) is 0 Å². The van der Waals surface area contributed by atoms with Crippen molar-refractivity contribution in [1.82, 2.24) is 15.1 Å². The molecule has 7 heteroatoms. The number of rotatable bonds is 4. The monoisotopic (exact) mass is 337 g/mol. The molecule has 2 heterocycles. The van der Waals surface area contributed by atoms with Gasteiger partial charge in [0.15, 0.2) is 5.82 Å². The van der Waals surface area contributed by atoms with E-state index in [-0.39, 0.29) is 11.6 Å². The summed E-state index contributed by atoms with van der Waals surface area (Å²) in [5.74, 6) is 1.41. The maximum absolute atomic E-state index is 12.4. The van der Waals surface area contributed by atoms with Crippen molar-refractivity contribution in [1.29, 1.82) is 0 Å². The SMILES string of the molecule is Cc1cc(C)c(NC(=O)c2cnc(Nc3cc(C)on3)cn2)c(C)c1. The number of aryl methyl sites for hydroxylation is 4. The lowest BCUT2D eigenvalue weighted by Gasteiger charge is -2.12. The van der Waals surface area contributed by atoms with E-state index in [1.807, 2.05) is 32.9 Å². The van der Waals surface area contributed by atoms with Crippen LogP contribution in [0.1, 0.15) is 32.9 Å². The van der Waals surface area contributed by atoms with E-state index < -0.39 is 0 Å². The summed E-state index contributed by atoms with van der Waals surface area (Å²) in [6.07, 6.45) is 2.90. The number of benzene rings is 1. The average molecular weight is 337 g/mol. The zero-order valence-corrected chi connectivity index (χ0v) is 14.5. The maximum atomic E-state index is 12.4. The van der Waals surface area contributed by atoms with Crippen LogP contribution in [0.5, 0.6) is 0 Å². The molecule has 0 saturated carbocycles. The van der Waals surface area contributed by atoms with Crippen molar-refractivity contribution in [2.45, 2.75) is 27.7 Å². The zero-order chi connectivity index (χ0) is 18.0. The van der Waals surface area contributed by atoms with Crippen molar-refractivity contribution in [2.75, 3.05) is 10.6 Å². The largest absolute Gasteiger partial charge is 0.360 e. The summed E-state index contributed by atoms with van der Waals surface area (Å²) in [6.45, 7) is 7.76. The first-order valence-corrected chi connectivity index (χ1v) is 7.84. The van der Waals surface area contributed by atoms with E-state index in [4.69, 9.17) is 4.52 Å². The van der Waals surface area contributed by atoms with Gasteiger partial charge in [0, 0.05) is 11.8 Å². The molecule has 0 bridgehead atoms. The van der Waals surface area contributed by atoms with Crippen LogP contribution >= 0.6 is 0 Å². The van der Waals surface area contributed by atoms with Crippen LogP contribution in [0.4, 0.5) is 17.3 Å². The Labute approximate surface area is 145 Å². The zero-order valence-electron chi connectivity index (χ0n) is 14.5. The molecular formula is C18H19N5O2. The lowest BCUT2D eigenvalue weighted by atomic mass is 10.1. The number of carbonyl (C=O) groups excluding carboxylic acids is 1. The molecule has 25 heavy (non-hydrogen) atoms. The molecule has 2 aromatic heterocycles. The number of nitrogens with one attached hydrogen (secondary N) is 2. The van der Waals surface area contributed by atoms with Crippen LogP contribution in [-0.4, -0.2) is 21.0 Å².